The maximum absolute atomic E-state index is 5.53. The number of rotatable bonds is 6. The number of nitrogens with zero attached hydrogens (tertiary/aromatic N) is 3. The van der Waals surface area contributed by atoms with E-state index >= 15 is 0 Å². The van der Waals surface area contributed by atoms with Crippen LogP contribution in [0.5, 0.6) is 5.75 Å². The molecular formula is C17H25IN4OS. The number of hydrogen-bond acceptors (Lipinski definition) is 4. The lowest BCUT2D eigenvalue weighted by Crippen LogP contribution is -2.38. The summed E-state index contributed by atoms with van der Waals surface area (Å²) in [6, 6.07) is 8.10. The molecule has 0 aliphatic heterocycles. The van der Waals surface area contributed by atoms with Crippen molar-refractivity contribution < 1.29 is 4.74 Å². The van der Waals surface area contributed by atoms with Gasteiger partial charge in [0.2, 0.25) is 0 Å². The highest BCUT2D eigenvalue weighted by Crippen LogP contribution is 2.13. The molecule has 0 aliphatic rings. The molecule has 0 unspecified atom stereocenters. The first-order valence-corrected chi connectivity index (χ1v) is 8.55. The average molecular weight is 460 g/mol. The number of nitrogens with one attached hydrogen (secondary N) is 1. The minimum Gasteiger partial charge on any atom is -0.494 e. The number of aliphatic imine (C=N–C) groups is 1. The molecule has 0 fully saturated rings. The van der Waals surface area contributed by atoms with Crippen LogP contribution >= 0.6 is 35.3 Å². The molecule has 0 radical (unpaired) electrons. The van der Waals surface area contributed by atoms with Crippen LogP contribution in [0.25, 0.3) is 0 Å². The number of hydrogen-bond donors (Lipinski definition) is 1. The second-order valence-corrected chi connectivity index (χ2v) is 6.26. The Kier molecular flexibility index (Phi) is 9.05. The van der Waals surface area contributed by atoms with E-state index in [2.05, 4.69) is 31.6 Å². The SMILES string of the molecule is CCOc1cccc(CNC(=NC)N(C)Cc2csc(C)n2)c1.I. The predicted octanol–water partition coefficient (Wildman–Crippen LogP) is 3.68. The number of benzene rings is 1. The van der Waals surface area contributed by atoms with Gasteiger partial charge in [-0.3, -0.25) is 4.99 Å². The topological polar surface area (TPSA) is 49.8 Å². The molecule has 7 heteroatoms. The molecule has 24 heavy (non-hydrogen) atoms. The maximum Gasteiger partial charge on any atom is 0.194 e. The number of thiazole rings is 1. The molecule has 0 saturated carbocycles. The van der Waals surface area contributed by atoms with Crippen molar-refractivity contribution in [2.24, 2.45) is 4.99 Å². The monoisotopic (exact) mass is 460 g/mol. The molecule has 0 amide bonds. The number of ether oxygens (including phenoxy) is 1. The molecule has 0 spiro atoms. The molecule has 1 heterocycles. The molecule has 1 aromatic carbocycles. The highest BCUT2D eigenvalue weighted by molar-refractivity contribution is 14.0. The van der Waals surface area contributed by atoms with Gasteiger partial charge >= 0.3 is 0 Å². The van der Waals surface area contributed by atoms with E-state index in [0.717, 1.165) is 34.5 Å². The van der Waals surface area contributed by atoms with E-state index in [1.54, 1.807) is 18.4 Å². The van der Waals surface area contributed by atoms with E-state index in [-0.39, 0.29) is 24.0 Å². The molecule has 0 bridgehead atoms. The predicted molar refractivity (Wildman–Crippen MR) is 112 cm³/mol. The number of halogens is 1. The zero-order chi connectivity index (χ0) is 16.7. The van der Waals surface area contributed by atoms with Crippen LogP contribution in [0.3, 0.4) is 0 Å². The minimum atomic E-state index is 0. The van der Waals surface area contributed by atoms with Crippen LogP contribution in [0.2, 0.25) is 0 Å². The molecule has 2 aromatic rings. The van der Waals surface area contributed by atoms with Crippen LogP contribution in [0.1, 0.15) is 23.2 Å². The van der Waals surface area contributed by atoms with Crippen molar-refractivity contribution >= 4 is 41.3 Å². The van der Waals surface area contributed by atoms with Crippen molar-refractivity contribution in [1.82, 2.24) is 15.2 Å². The van der Waals surface area contributed by atoms with E-state index in [0.29, 0.717) is 13.2 Å². The second kappa shape index (κ2) is 10.5. The first-order chi connectivity index (χ1) is 11.1. The van der Waals surface area contributed by atoms with Crippen molar-refractivity contribution in [3.8, 4) is 5.75 Å². The lowest BCUT2D eigenvalue weighted by Gasteiger charge is -2.21. The lowest BCUT2D eigenvalue weighted by molar-refractivity contribution is 0.340. The Hall–Kier alpha value is -1.35. The molecule has 2 rings (SSSR count). The van der Waals surface area contributed by atoms with Crippen LogP contribution in [0.15, 0.2) is 34.6 Å². The quantitative estimate of drug-likeness (QED) is 0.406. The van der Waals surface area contributed by atoms with Crippen LogP contribution in [-0.2, 0) is 13.1 Å². The Bertz CT molecular complexity index is 660. The van der Waals surface area contributed by atoms with E-state index in [4.69, 9.17) is 4.74 Å². The van der Waals surface area contributed by atoms with Crippen LogP contribution in [-0.4, -0.2) is 36.5 Å². The van der Waals surface area contributed by atoms with E-state index in [9.17, 15) is 0 Å². The Balaban J connectivity index is 0.00000288. The van der Waals surface area contributed by atoms with Gasteiger partial charge in [-0.25, -0.2) is 4.98 Å². The summed E-state index contributed by atoms with van der Waals surface area (Å²) in [7, 11) is 3.81. The summed E-state index contributed by atoms with van der Waals surface area (Å²) in [6.07, 6.45) is 0. The summed E-state index contributed by atoms with van der Waals surface area (Å²) >= 11 is 1.67. The van der Waals surface area contributed by atoms with Gasteiger partial charge in [-0.05, 0) is 31.5 Å². The number of aryl methyl sites for hydroxylation is 1. The number of aromatic nitrogens is 1. The molecule has 1 aromatic heterocycles. The molecule has 0 atom stereocenters. The average Bonchev–Trinajstić information content (AvgIpc) is 2.93. The maximum atomic E-state index is 5.53. The van der Waals surface area contributed by atoms with Gasteiger partial charge in [0, 0.05) is 26.0 Å². The number of guanidine groups is 1. The standard InChI is InChI=1S/C17H24N4OS.HI/c1-5-22-16-8-6-7-14(9-16)10-19-17(18-3)21(4)11-15-12-23-13(2)20-15;/h6-9,12H,5,10-11H2,1-4H3,(H,18,19);1H. The largest absolute Gasteiger partial charge is 0.494 e. The Labute approximate surface area is 165 Å². The summed E-state index contributed by atoms with van der Waals surface area (Å²) in [5.74, 6) is 1.74. The Morgan fingerprint density at radius 2 is 2.21 bits per heavy atom. The second-order valence-electron chi connectivity index (χ2n) is 5.20. The van der Waals surface area contributed by atoms with Crippen LogP contribution in [0.4, 0.5) is 0 Å². The first-order valence-electron chi connectivity index (χ1n) is 7.67. The van der Waals surface area contributed by atoms with Crippen molar-refractivity contribution in [3.63, 3.8) is 0 Å². The van der Waals surface area contributed by atoms with E-state index < -0.39 is 0 Å². The summed E-state index contributed by atoms with van der Waals surface area (Å²) in [5, 5.41) is 6.55. The lowest BCUT2D eigenvalue weighted by atomic mass is 10.2. The normalized spacial score (nSPS) is 10.9. The van der Waals surface area contributed by atoms with Gasteiger partial charge in [0.25, 0.3) is 0 Å². The fourth-order valence-corrected chi connectivity index (χ4v) is 2.88. The van der Waals surface area contributed by atoms with Crippen molar-refractivity contribution in [2.45, 2.75) is 26.9 Å². The van der Waals surface area contributed by atoms with Gasteiger partial charge in [0.05, 0.1) is 23.9 Å². The zero-order valence-electron chi connectivity index (χ0n) is 14.6. The highest BCUT2D eigenvalue weighted by atomic mass is 127. The van der Waals surface area contributed by atoms with Crippen molar-refractivity contribution in [1.29, 1.82) is 0 Å². The summed E-state index contributed by atoms with van der Waals surface area (Å²) in [6.45, 7) is 6.12. The smallest absolute Gasteiger partial charge is 0.194 e. The summed E-state index contributed by atoms with van der Waals surface area (Å²) < 4.78 is 5.53. The van der Waals surface area contributed by atoms with E-state index in [1.807, 2.05) is 39.1 Å². The molecule has 0 aliphatic carbocycles. The zero-order valence-corrected chi connectivity index (χ0v) is 17.7. The van der Waals surface area contributed by atoms with Gasteiger partial charge in [0.1, 0.15) is 5.75 Å². The summed E-state index contributed by atoms with van der Waals surface area (Å²) in [4.78, 5) is 10.9. The van der Waals surface area contributed by atoms with Gasteiger partial charge in [0.15, 0.2) is 5.96 Å². The Morgan fingerprint density at radius 1 is 1.42 bits per heavy atom. The third kappa shape index (κ3) is 6.27. The highest BCUT2D eigenvalue weighted by Gasteiger charge is 2.08. The minimum absolute atomic E-state index is 0. The third-order valence-corrected chi connectivity index (χ3v) is 4.12. The molecule has 1 N–H and O–H groups in total. The van der Waals surface area contributed by atoms with Crippen LogP contribution in [0, 0.1) is 6.92 Å². The van der Waals surface area contributed by atoms with Crippen molar-refractivity contribution in [2.75, 3.05) is 20.7 Å². The molecule has 5 nitrogen and oxygen atoms in total. The Morgan fingerprint density at radius 3 is 2.83 bits per heavy atom. The van der Waals surface area contributed by atoms with Gasteiger partial charge in [-0.15, -0.1) is 35.3 Å². The van der Waals surface area contributed by atoms with Gasteiger partial charge in [-0.1, -0.05) is 12.1 Å². The molecule has 132 valence electrons. The third-order valence-electron chi connectivity index (χ3n) is 3.30. The van der Waals surface area contributed by atoms with E-state index in [1.165, 1.54) is 0 Å². The molecular weight excluding hydrogens is 435 g/mol. The first kappa shape index (κ1) is 20.7. The fraction of sp³-hybridized carbons (Fsp3) is 0.412. The van der Waals surface area contributed by atoms with Crippen molar-refractivity contribution in [3.05, 3.63) is 45.9 Å². The summed E-state index contributed by atoms with van der Waals surface area (Å²) in [5.41, 5.74) is 2.23. The van der Waals surface area contributed by atoms with Gasteiger partial charge in [-0.2, -0.15) is 0 Å². The molecule has 0 saturated heterocycles. The fourth-order valence-electron chi connectivity index (χ4n) is 2.28. The van der Waals surface area contributed by atoms with Crippen LogP contribution < -0.4 is 10.1 Å². The van der Waals surface area contributed by atoms with Gasteiger partial charge < -0.3 is 15.0 Å².